The summed E-state index contributed by atoms with van der Waals surface area (Å²) in [5.74, 6) is 0. The van der Waals surface area contributed by atoms with Crippen LogP contribution in [0.25, 0.3) is 0 Å². The lowest BCUT2D eigenvalue weighted by molar-refractivity contribution is 0.329. The monoisotopic (exact) mass is 218 g/mol. The quantitative estimate of drug-likeness (QED) is 0.689. The molecule has 0 bridgehead atoms. The first-order chi connectivity index (χ1) is 6.49. The molecule has 1 saturated heterocycles. The highest BCUT2D eigenvalue weighted by molar-refractivity contribution is 7.88. The van der Waals surface area contributed by atoms with Gasteiger partial charge in [-0.3, -0.25) is 0 Å². The largest absolute Gasteiger partial charge is 0.316 e. The Hall–Kier alpha value is -0.130. The zero-order valence-electron chi connectivity index (χ0n) is 8.54. The van der Waals surface area contributed by atoms with Crippen molar-refractivity contribution in [1.82, 2.24) is 10.0 Å². The maximum absolute atomic E-state index is 11.1. The van der Waals surface area contributed by atoms with Crippen molar-refractivity contribution in [3.05, 3.63) is 0 Å². The Morgan fingerprint density at radius 3 is 2.79 bits per heavy atom. The van der Waals surface area contributed by atoms with Crippen LogP contribution < -0.4 is 10.0 Å². The van der Waals surface area contributed by atoms with Crippen molar-refractivity contribution in [1.29, 1.82) is 0 Å². The molecule has 0 radical (unpaired) electrons. The molecule has 0 aromatic heterocycles. The lowest BCUT2D eigenvalue weighted by Gasteiger charge is -2.21. The molecule has 2 N–H and O–H groups in total. The van der Waals surface area contributed by atoms with E-state index in [-0.39, 0.29) is 6.04 Å². The Bertz CT molecular complexity index is 307. The molecule has 4 nitrogen and oxygen atoms in total. The fourth-order valence-electron chi connectivity index (χ4n) is 2.79. The van der Waals surface area contributed by atoms with Gasteiger partial charge in [0.05, 0.1) is 6.26 Å². The van der Waals surface area contributed by atoms with Gasteiger partial charge in [0.15, 0.2) is 0 Å². The van der Waals surface area contributed by atoms with Crippen LogP contribution in [0, 0.1) is 5.41 Å². The third-order valence-electron chi connectivity index (χ3n) is 3.42. The lowest BCUT2D eigenvalue weighted by atomic mass is 9.85. The van der Waals surface area contributed by atoms with Crippen LogP contribution in [0.1, 0.15) is 25.7 Å². The van der Waals surface area contributed by atoms with Crippen molar-refractivity contribution in [3.8, 4) is 0 Å². The second kappa shape index (κ2) is 3.47. The van der Waals surface area contributed by atoms with E-state index in [1.807, 2.05) is 0 Å². The van der Waals surface area contributed by atoms with Crippen LogP contribution in [-0.2, 0) is 10.0 Å². The molecule has 82 valence electrons. The molecule has 1 aliphatic carbocycles. The summed E-state index contributed by atoms with van der Waals surface area (Å²) in [7, 11) is -3.02. The van der Waals surface area contributed by atoms with Crippen molar-refractivity contribution in [2.75, 3.05) is 19.3 Å². The van der Waals surface area contributed by atoms with Gasteiger partial charge in [-0.05, 0) is 37.6 Å². The second-order valence-corrected chi connectivity index (χ2v) is 6.54. The van der Waals surface area contributed by atoms with E-state index in [1.165, 1.54) is 12.7 Å². The number of hydrogen-bond acceptors (Lipinski definition) is 3. The van der Waals surface area contributed by atoms with E-state index in [0.29, 0.717) is 5.41 Å². The number of nitrogens with one attached hydrogen (secondary N) is 2. The molecule has 2 fully saturated rings. The Kier molecular flexibility index (Phi) is 2.57. The first kappa shape index (κ1) is 10.4. The van der Waals surface area contributed by atoms with E-state index in [1.54, 1.807) is 0 Å². The molecule has 1 aliphatic heterocycles. The highest BCUT2D eigenvalue weighted by Gasteiger charge is 2.41. The summed E-state index contributed by atoms with van der Waals surface area (Å²) in [6.45, 7) is 2.15. The molecule has 14 heavy (non-hydrogen) atoms. The van der Waals surface area contributed by atoms with Crippen LogP contribution in [0.4, 0.5) is 0 Å². The van der Waals surface area contributed by atoms with Gasteiger partial charge >= 0.3 is 0 Å². The molecule has 0 aromatic carbocycles. The minimum Gasteiger partial charge on any atom is -0.316 e. The van der Waals surface area contributed by atoms with Crippen molar-refractivity contribution >= 4 is 10.0 Å². The summed E-state index contributed by atoms with van der Waals surface area (Å²) in [6.07, 6.45) is 5.61. The first-order valence-corrected chi connectivity index (χ1v) is 7.06. The number of rotatable bonds is 2. The highest BCUT2D eigenvalue weighted by Crippen LogP contribution is 2.42. The van der Waals surface area contributed by atoms with Crippen molar-refractivity contribution in [2.45, 2.75) is 31.7 Å². The molecular weight excluding hydrogens is 200 g/mol. The topological polar surface area (TPSA) is 58.2 Å². The fraction of sp³-hybridized carbons (Fsp3) is 1.00. The zero-order chi connectivity index (χ0) is 10.2. The summed E-state index contributed by atoms with van der Waals surface area (Å²) in [4.78, 5) is 0. The summed E-state index contributed by atoms with van der Waals surface area (Å²) in [5, 5.41) is 3.36. The average Bonchev–Trinajstić information content (AvgIpc) is 2.60. The predicted molar refractivity (Wildman–Crippen MR) is 55.5 cm³/mol. The minimum absolute atomic E-state index is 0.171. The van der Waals surface area contributed by atoms with Gasteiger partial charge in [-0.15, -0.1) is 0 Å². The van der Waals surface area contributed by atoms with Gasteiger partial charge in [0.25, 0.3) is 0 Å². The van der Waals surface area contributed by atoms with Crippen LogP contribution in [0.5, 0.6) is 0 Å². The zero-order valence-corrected chi connectivity index (χ0v) is 9.36. The third-order valence-corrected chi connectivity index (χ3v) is 4.18. The van der Waals surface area contributed by atoms with Gasteiger partial charge < -0.3 is 5.32 Å². The van der Waals surface area contributed by atoms with Crippen LogP contribution >= 0.6 is 0 Å². The molecule has 2 aliphatic rings. The normalized spacial score (nSPS) is 38.2. The predicted octanol–water partition coefficient (Wildman–Crippen LogP) is 0.0678. The Morgan fingerprint density at radius 2 is 2.21 bits per heavy atom. The summed E-state index contributed by atoms with van der Waals surface area (Å²) < 4.78 is 24.8. The maximum Gasteiger partial charge on any atom is 0.208 e. The van der Waals surface area contributed by atoms with Crippen molar-refractivity contribution in [3.63, 3.8) is 0 Å². The van der Waals surface area contributed by atoms with Gasteiger partial charge in [-0.2, -0.15) is 0 Å². The van der Waals surface area contributed by atoms with Gasteiger partial charge in [0, 0.05) is 12.6 Å². The number of hydrogen-bond donors (Lipinski definition) is 2. The van der Waals surface area contributed by atoms with Gasteiger partial charge in [-0.25, -0.2) is 13.1 Å². The molecule has 0 aromatic rings. The summed E-state index contributed by atoms with van der Waals surface area (Å²) >= 11 is 0. The van der Waals surface area contributed by atoms with Crippen molar-refractivity contribution < 1.29 is 8.42 Å². The third kappa shape index (κ3) is 2.27. The van der Waals surface area contributed by atoms with Gasteiger partial charge in [0.2, 0.25) is 10.0 Å². The Morgan fingerprint density at radius 1 is 1.43 bits per heavy atom. The summed E-state index contributed by atoms with van der Waals surface area (Å²) in [5.41, 5.74) is 0.391. The molecule has 1 heterocycles. The van der Waals surface area contributed by atoms with Crippen LogP contribution in [-0.4, -0.2) is 33.8 Å². The van der Waals surface area contributed by atoms with E-state index in [2.05, 4.69) is 10.0 Å². The van der Waals surface area contributed by atoms with Crippen molar-refractivity contribution in [2.24, 2.45) is 5.41 Å². The van der Waals surface area contributed by atoms with Gasteiger partial charge in [0.1, 0.15) is 0 Å². The van der Waals surface area contributed by atoms with Gasteiger partial charge in [-0.1, -0.05) is 0 Å². The Labute approximate surface area is 85.5 Å². The average molecular weight is 218 g/mol. The molecule has 1 saturated carbocycles. The molecule has 5 heteroatoms. The fourth-order valence-corrected chi connectivity index (χ4v) is 3.60. The molecule has 2 atom stereocenters. The van der Waals surface area contributed by atoms with Crippen LogP contribution in [0.2, 0.25) is 0 Å². The minimum atomic E-state index is -3.02. The SMILES string of the molecule is CS(=O)(=O)NC1CCC2(CCNC2)C1. The Balaban J connectivity index is 1.94. The van der Waals surface area contributed by atoms with Crippen LogP contribution in [0.15, 0.2) is 0 Å². The molecular formula is C9H18N2O2S. The standard InChI is InChI=1S/C9H18N2O2S/c1-14(12,13)11-8-2-3-9(6-8)4-5-10-7-9/h8,10-11H,2-7H2,1H3. The number of sulfonamides is 1. The maximum atomic E-state index is 11.1. The van der Waals surface area contributed by atoms with Crippen LogP contribution in [0.3, 0.4) is 0 Å². The van der Waals surface area contributed by atoms with E-state index in [4.69, 9.17) is 0 Å². The van der Waals surface area contributed by atoms with E-state index < -0.39 is 10.0 Å². The first-order valence-electron chi connectivity index (χ1n) is 5.17. The van der Waals surface area contributed by atoms with E-state index in [0.717, 1.165) is 32.4 Å². The van der Waals surface area contributed by atoms with E-state index in [9.17, 15) is 8.42 Å². The summed E-state index contributed by atoms with van der Waals surface area (Å²) in [6, 6.07) is 0.171. The highest BCUT2D eigenvalue weighted by atomic mass is 32.2. The molecule has 2 rings (SSSR count). The smallest absolute Gasteiger partial charge is 0.208 e. The lowest BCUT2D eigenvalue weighted by Crippen LogP contribution is -2.33. The molecule has 2 unspecified atom stereocenters. The molecule has 1 spiro atoms. The molecule has 0 amide bonds. The van der Waals surface area contributed by atoms with E-state index >= 15 is 0 Å². The second-order valence-electron chi connectivity index (χ2n) is 4.76.